The Hall–Kier alpha value is -6.21. The van der Waals surface area contributed by atoms with Crippen LogP contribution in [-0.2, 0) is 66.1 Å². The molecule has 0 aromatic heterocycles. The van der Waals surface area contributed by atoms with E-state index >= 15 is 0 Å². The molecule has 0 aliphatic heterocycles. The van der Waals surface area contributed by atoms with Gasteiger partial charge in [-0.15, -0.1) is 0 Å². The second kappa shape index (κ2) is 19.7. The molecular formula is C49H29BF24S. The molecule has 0 aliphatic rings. The van der Waals surface area contributed by atoms with E-state index in [1.807, 2.05) is 0 Å². The Labute approximate surface area is 410 Å². The molecule has 7 aromatic rings. The largest absolute Gasteiger partial charge is 0.416 e. The van der Waals surface area contributed by atoms with Crippen LogP contribution in [0.25, 0.3) is 21.5 Å². The van der Waals surface area contributed by atoms with Crippen LogP contribution >= 0.6 is 0 Å². The highest BCUT2D eigenvalue weighted by Crippen LogP contribution is 2.42. The van der Waals surface area contributed by atoms with Crippen LogP contribution in [0, 0.1) is 0 Å². The molecule has 0 saturated carbocycles. The van der Waals surface area contributed by atoms with Crippen molar-refractivity contribution in [1.29, 1.82) is 0 Å². The van der Waals surface area contributed by atoms with E-state index in [0.29, 0.717) is 10.9 Å². The molecule has 7 aromatic carbocycles. The predicted molar refractivity (Wildman–Crippen MR) is 234 cm³/mol. The molecule has 0 atom stereocenters. The van der Waals surface area contributed by atoms with Gasteiger partial charge in [-0.3, -0.25) is 0 Å². The lowest BCUT2D eigenvalue weighted by atomic mass is 9.12. The summed E-state index contributed by atoms with van der Waals surface area (Å²) >= 11 is 0. The maximum absolute atomic E-state index is 14.2. The van der Waals surface area contributed by atoms with Gasteiger partial charge in [0.15, 0.2) is 0 Å². The first-order valence-electron chi connectivity index (χ1n) is 20.8. The topological polar surface area (TPSA) is 0 Å². The van der Waals surface area contributed by atoms with E-state index in [2.05, 4.69) is 67.1 Å². The van der Waals surface area contributed by atoms with Gasteiger partial charge in [-0.05, 0) is 62.8 Å². The molecule has 0 radical (unpaired) electrons. The number of fused-ring (bicyclic) bond motifs is 2. The first kappa shape index (κ1) is 58.1. The number of halogens is 24. The minimum absolute atomic E-state index is 0.421. The van der Waals surface area contributed by atoms with Gasteiger partial charge in [0.05, 0.1) is 57.0 Å². The van der Waals surface area contributed by atoms with Crippen molar-refractivity contribution in [3.63, 3.8) is 0 Å². The summed E-state index contributed by atoms with van der Waals surface area (Å²) in [5.74, 6) is 1.17. The van der Waals surface area contributed by atoms with E-state index < -0.39 is 195 Å². The Kier molecular flexibility index (Phi) is 15.3. The normalized spacial score (nSPS) is 13.6. The predicted octanol–water partition coefficient (Wildman–Crippen LogP) is 15.6. The molecule has 0 N–H and O–H groups in total. The van der Waals surface area contributed by atoms with Gasteiger partial charge in [-0.2, -0.15) is 127 Å². The van der Waals surface area contributed by atoms with Crippen molar-refractivity contribution in [1.82, 2.24) is 0 Å². The molecule has 26 heteroatoms. The van der Waals surface area contributed by atoms with Gasteiger partial charge >= 0.3 is 49.4 Å². The highest BCUT2D eigenvalue weighted by Gasteiger charge is 2.47. The number of hydrogen-bond donors (Lipinski definition) is 0. The standard InChI is InChI=1S/C32H12BF24.C17H17S/c34-25(35,36)13-1-14(26(37,38)39)6-21(5-13)33(22-7-15(27(40,41)42)2-16(8-22)28(43,44)45,23-9-17(29(46,47)48)3-18(10-23)30(49,50)51)24-11-19(31(52,53)54)4-20(12-24)32(55,56)57;1-18(2)12-17-15-9-5-3-7-13(15)11-14-8-4-6-10-16(14)17/h1-12H;3-11H,12H2,1-2H3/q-1;+1. The van der Waals surface area contributed by atoms with Crippen molar-refractivity contribution in [2.75, 3.05) is 12.5 Å². The van der Waals surface area contributed by atoms with Gasteiger partial charge < -0.3 is 0 Å². The molecule has 0 aliphatic carbocycles. The van der Waals surface area contributed by atoms with Crippen molar-refractivity contribution >= 4 is 60.4 Å². The van der Waals surface area contributed by atoms with Gasteiger partial charge in [-0.25, -0.2) is 0 Å². The van der Waals surface area contributed by atoms with Crippen molar-refractivity contribution in [3.8, 4) is 0 Å². The fraction of sp³-hybridized carbons (Fsp3) is 0.224. The minimum atomic E-state index is -6.13. The van der Waals surface area contributed by atoms with Gasteiger partial charge in [-0.1, -0.05) is 97.1 Å². The summed E-state index contributed by atoms with van der Waals surface area (Å²) in [5.41, 5.74) is -28.7. The maximum atomic E-state index is 14.2. The van der Waals surface area contributed by atoms with Crippen LogP contribution in [0.1, 0.15) is 50.1 Å². The van der Waals surface area contributed by atoms with E-state index in [4.69, 9.17) is 0 Å². The lowest BCUT2D eigenvalue weighted by Crippen LogP contribution is -2.75. The van der Waals surface area contributed by atoms with Gasteiger partial charge in [0.1, 0.15) is 11.9 Å². The summed E-state index contributed by atoms with van der Waals surface area (Å²) in [6, 6.07) is 11.0. The third-order valence-corrected chi connectivity index (χ3v) is 12.6. The molecule has 0 nitrogen and oxygen atoms in total. The fourth-order valence-corrected chi connectivity index (χ4v) is 9.51. The minimum Gasteiger partial charge on any atom is -0.194 e. The molecule has 75 heavy (non-hydrogen) atoms. The number of benzene rings is 7. The lowest BCUT2D eigenvalue weighted by Gasteiger charge is -2.46. The smallest absolute Gasteiger partial charge is 0.194 e. The van der Waals surface area contributed by atoms with Crippen LogP contribution in [0.15, 0.2) is 127 Å². The second-order valence-corrected chi connectivity index (χ2v) is 19.4. The zero-order valence-corrected chi connectivity index (χ0v) is 38.2. The van der Waals surface area contributed by atoms with Crippen molar-refractivity contribution in [3.05, 3.63) is 177 Å². The van der Waals surface area contributed by atoms with Crippen LogP contribution in [0.4, 0.5) is 105 Å². The molecule has 0 bridgehead atoms. The summed E-state index contributed by atoms with van der Waals surface area (Å²) in [7, 11) is 0.421. The second-order valence-electron chi connectivity index (χ2n) is 17.2. The fourth-order valence-electron chi connectivity index (χ4n) is 8.62. The molecule has 7 rings (SSSR count). The zero-order chi connectivity index (χ0) is 56.4. The van der Waals surface area contributed by atoms with Crippen molar-refractivity contribution < 1.29 is 105 Å². The lowest BCUT2D eigenvalue weighted by molar-refractivity contribution is -0.144. The third-order valence-electron chi connectivity index (χ3n) is 11.8. The average Bonchev–Trinajstić information content (AvgIpc) is 3.26. The van der Waals surface area contributed by atoms with Crippen molar-refractivity contribution in [2.24, 2.45) is 0 Å². The Morgan fingerprint density at radius 3 is 0.680 bits per heavy atom. The summed E-state index contributed by atoms with van der Waals surface area (Å²) in [6.45, 7) is 0. The molecule has 0 saturated heterocycles. The van der Waals surface area contributed by atoms with Crippen LogP contribution in [0.3, 0.4) is 0 Å². The third kappa shape index (κ3) is 12.7. The molecule has 0 fully saturated rings. The summed E-state index contributed by atoms with van der Waals surface area (Å²) in [6.07, 6.45) is -50.2. The molecule has 0 spiro atoms. The van der Waals surface area contributed by atoms with E-state index in [9.17, 15) is 105 Å². The average molecular weight is 1120 g/mol. The Bertz CT molecular complexity index is 2730. The first-order valence-corrected chi connectivity index (χ1v) is 23.0. The Balaban J connectivity index is 0.000000421. The highest BCUT2D eigenvalue weighted by atomic mass is 32.2. The van der Waals surface area contributed by atoms with E-state index in [-0.39, 0.29) is 0 Å². The quantitative estimate of drug-likeness (QED) is 0.0674. The SMILES string of the molecule is C[S+](C)Cc1c2ccccc2cc2ccccc12.FC(F)(F)c1cc([B-](c2cc(C(F)(F)F)cc(C(F)(F)F)c2)(c2cc(C(F)(F)F)cc(C(F)(F)F)c2)c2cc(C(F)(F)F)cc(C(F)(F)F)c2)cc(C(F)(F)F)c1. The van der Waals surface area contributed by atoms with Gasteiger partial charge in [0.25, 0.3) is 0 Å². The van der Waals surface area contributed by atoms with Crippen molar-refractivity contribution in [2.45, 2.75) is 55.2 Å². The summed E-state index contributed by atoms with van der Waals surface area (Å²) < 4.78 is 341. The summed E-state index contributed by atoms with van der Waals surface area (Å²) in [4.78, 5) is 0. The van der Waals surface area contributed by atoms with Crippen LogP contribution < -0.4 is 21.9 Å². The van der Waals surface area contributed by atoms with E-state index in [0.717, 1.165) is 0 Å². The molecular weight excluding hydrogens is 1090 g/mol. The van der Waals surface area contributed by atoms with Gasteiger partial charge in [0.2, 0.25) is 0 Å². The Morgan fingerprint density at radius 2 is 0.493 bits per heavy atom. The molecule has 402 valence electrons. The van der Waals surface area contributed by atoms with Crippen LogP contribution in [0.5, 0.6) is 0 Å². The zero-order valence-electron chi connectivity index (χ0n) is 37.4. The molecule has 0 amide bonds. The van der Waals surface area contributed by atoms with Crippen LogP contribution in [0.2, 0.25) is 0 Å². The maximum Gasteiger partial charge on any atom is 0.416 e. The molecule has 0 unspecified atom stereocenters. The van der Waals surface area contributed by atoms with Crippen LogP contribution in [-0.4, -0.2) is 18.7 Å². The van der Waals surface area contributed by atoms with E-state index in [1.54, 1.807) is 0 Å². The number of hydrogen-bond acceptors (Lipinski definition) is 0. The van der Waals surface area contributed by atoms with E-state index in [1.165, 1.54) is 32.9 Å². The number of rotatable bonds is 6. The monoisotopic (exact) mass is 1120 g/mol. The molecule has 0 heterocycles. The number of alkyl halides is 24. The first-order chi connectivity index (χ1) is 34.0. The Morgan fingerprint density at radius 1 is 0.293 bits per heavy atom. The summed E-state index contributed by atoms with van der Waals surface area (Å²) in [5, 5.41) is 5.54. The highest BCUT2D eigenvalue weighted by molar-refractivity contribution is 7.94. The van der Waals surface area contributed by atoms with Gasteiger partial charge in [0, 0.05) is 5.56 Å².